The predicted octanol–water partition coefficient (Wildman–Crippen LogP) is 23.0. The van der Waals surface area contributed by atoms with Crippen molar-refractivity contribution in [2.24, 2.45) is 0 Å². The highest BCUT2D eigenvalue weighted by atomic mass is 16.6. The standard InChI is InChI=1S/C69H130O6/c1-4-7-10-13-16-19-22-24-26-27-28-29-30-31-32-33-34-35-36-37-38-39-40-41-42-44-45-47-50-53-56-59-62-68(71)74-65-66(64-73-67(70)61-58-55-52-49-21-18-15-12-9-6-3)75-69(72)63-60-57-54-51-48-46-43-25-23-20-17-14-11-8-5-2/h12,15,25,43,66H,4-11,13-14,16-24,26-42,44-65H2,1-3H3/b15-12-,43-25-. The smallest absolute Gasteiger partial charge is 0.306 e. The van der Waals surface area contributed by atoms with Gasteiger partial charge in [0.15, 0.2) is 6.10 Å². The zero-order valence-electron chi connectivity index (χ0n) is 50.8. The van der Waals surface area contributed by atoms with Gasteiger partial charge in [-0.1, -0.05) is 321 Å². The van der Waals surface area contributed by atoms with Gasteiger partial charge in [-0.3, -0.25) is 14.4 Å². The molecule has 0 radical (unpaired) electrons. The molecular formula is C69H130O6. The maximum Gasteiger partial charge on any atom is 0.306 e. The van der Waals surface area contributed by atoms with Gasteiger partial charge in [-0.05, 0) is 64.2 Å². The van der Waals surface area contributed by atoms with Crippen LogP contribution in [0.5, 0.6) is 0 Å². The minimum absolute atomic E-state index is 0.0729. The molecule has 0 spiro atoms. The summed E-state index contributed by atoms with van der Waals surface area (Å²) in [5.41, 5.74) is 0. The Balaban J connectivity index is 4.02. The minimum Gasteiger partial charge on any atom is -0.462 e. The van der Waals surface area contributed by atoms with Crippen molar-refractivity contribution in [2.75, 3.05) is 13.2 Å². The normalized spacial score (nSPS) is 12.1. The zero-order chi connectivity index (χ0) is 54.3. The number of unbranched alkanes of at least 4 members (excludes halogenated alkanes) is 48. The summed E-state index contributed by atoms with van der Waals surface area (Å²) in [5, 5.41) is 0. The maximum absolute atomic E-state index is 12.9. The third kappa shape index (κ3) is 62.6. The molecule has 0 aliphatic rings. The average molecular weight is 1060 g/mol. The summed E-state index contributed by atoms with van der Waals surface area (Å²) in [6.07, 6.45) is 78.0. The van der Waals surface area contributed by atoms with Gasteiger partial charge in [0.25, 0.3) is 0 Å². The molecule has 6 heteroatoms. The van der Waals surface area contributed by atoms with Gasteiger partial charge in [0.1, 0.15) is 13.2 Å². The van der Waals surface area contributed by atoms with Crippen LogP contribution in [0.4, 0.5) is 0 Å². The first-order valence-corrected chi connectivity index (χ1v) is 33.8. The molecule has 6 nitrogen and oxygen atoms in total. The lowest BCUT2D eigenvalue weighted by Gasteiger charge is -2.18. The third-order valence-electron chi connectivity index (χ3n) is 15.4. The number of rotatable bonds is 63. The Hall–Kier alpha value is -2.11. The predicted molar refractivity (Wildman–Crippen MR) is 326 cm³/mol. The van der Waals surface area contributed by atoms with Crippen molar-refractivity contribution in [1.82, 2.24) is 0 Å². The van der Waals surface area contributed by atoms with Crippen LogP contribution in [0.1, 0.15) is 380 Å². The number of hydrogen-bond donors (Lipinski definition) is 0. The van der Waals surface area contributed by atoms with E-state index in [1.54, 1.807) is 0 Å². The van der Waals surface area contributed by atoms with Gasteiger partial charge in [0, 0.05) is 19.3 Å². The van der Waals surface area contributed by atoms with Crippen LogP contribution in [0.15, 0.2) is 24.3 Å². The second-order valence-electron chi connectivity index (χ2n) is 23.1. The van der Waals surface area contributed by atoms with Crippen LogP contribution in [0.3, 0.4) is 0 Å². The number of carbonyl (C=O) groups is 3. The molecule has 0 saturated carbocycles. The monoisotopic (exact) mass is 1050 g/mol. The third-order valence-corrected chi connectivity index (χ3v) is 15.4. The number of allylic oxidation sites excluding steroid dienone is 4. The van der Waals surface area contributed by atoms with Crippen molar-refractivity contribution < 1.29 is 28.6 Å². The van der Waals surface area contributed by atoms with Gasteiger partial charge >= 0.3 is 17.9 Å². The fourth-order valence-electron chi connectivity index (χ4n) is 10.3. The van der Waals surface area contributed by atoms with Gasteiger partial charge in [-0.25, -0.2) is 0 Å². The SMILES string of the molecule is CCC/C=C\CCCCCCCC(=O)OCC(COC(=O)CCCCCCCCCCCCCCCCCCCCCCCCCCCCCCCCCC)OC(=O)CCCCCCC/C=C\CCCCCCCC. The lowest BCUT2D eigenvalue weighted by atomic mass is 10.0. The Labute approximate surface area is 468 Å². The number of hydrogen-bond acceptors (Lipinski definition) is 6. The van der Waals surface area contributed by atoms with Crippen molar-refractivity contribution in [2.45, 2.75) is 386 Å². The molecule has 0 rings (SSSR count). The first-order valence-electron chi connectivity index (χ1n) is 33.8. The molecule has 0 aromatic heterocycles. The molecular weight excluding hydrogens is 925 g/mol. The zero-order valence-corrected chi connectivity index (χ0v) is 50.8. The molecule has 0 saturated heterocycles. The van der Waals surface area contributed by atoms with E-state index in [0.29, 0.717) is 19.3 Å². The van der Waals surface area contributed by atoms with Crippen LogP contribution < -0.4 is 0 Å². The van der Waals surface area contributed by atoms with Crippen molar-refractivity contribution in [3.8, 4) is 0 Å². The molecule has 1 atom stereocenters. The van der Waals surface area contributed by atoms with Crippen LogP contribution in [-0.2, 0) is 28.6 Å². The lowest BCUT2D eigenvalue weighted by molar-refractivity contribution is -0.167. The molecule has 75 heavy (non-hydrogen) atoms. The fraction of sp³-hybridized carbons (Fsp3) is 0.899. The Morgan fingerprint density at radius 2 is 0.467 bits per heavy atom. The molecule has 0 N–H and O–H groups in total. The van der Waals surface area contributed by atoms with Gasteiger partial charge in [0.2, 0.25) is 0 Å². The van der Waals surface area contributed by atoms with Crippen LogP contribution in [-0.4, -0.2) is 37.2 Å². The van der Waals surface area contributed by atoms with Crippen LogP contribution >= 0.6 is 0 Å². The quantitative estimate of drug-likeness (QED) is 0.0261. The summed E-state index contributed by atoms with van der Waals surface area (Å²) in [6, 6.07) is 0. The fourth-order valence-corrected chi connectivity index (χ4v) is 10.3. The Kier molecular flexibility index (Phi) is 62.6. The Morgan fingerprint density at radius 3 is 0.720 bits per heavy atom. The highest BCUT2D eigenvalue weighted by Crippen LogP contribution is 2.19. The van der Waals surface area contributed by atoms with E-state index in [2.05, 4.69) is 45.1 Å². The molecule has 0 aliphatic heterocycles. The largest absolute Gasteiger partial charge is 0.462 e. The first-order chi connectivity index (χ1) is 37.0. The molecule has 0 aromatic carbocycles. The lowest BCUT2D eigenvalue weighted by Crippen LogP contribution is -2.30. The van der Waals surface area contributed by atoms with E-state index >= 15 is 0 Å². The second-order valence-corrected chi connectivity index (χ2v) is 23.1. The van der Waals surface area contributed by atoms with Crippen LogP contribution in [0, 0.1) is 0 Å². The minimum atomic E-state index is -0.775. The average Bonchev–Trinajstić information content (AvgIpc) is 3.41. The Bertz CT molecular complexity index is 1210. The van der Waals surface area contributed by atoms with E-state index in [-0.39, 0.29) is 31.1 Å². The summed E-state index contributed by atoms with van der Waals surface area (Å²) in [7, 11) is 0. The van der Waals surface area contributed by atoms with E-state index in [0.717, 1.165) is 77.0 Å². The second kappa shape index (κ2) is 64.4. The van der Waals surface area contributed by atoms with E-state index in [4.69, 9.17) is 14.2 Å². The van der Waals surface area contributed by atoms with Crippen molar-refractivity contribution in [3.63, 3.8) is 0 Å². The highest BCUT2D eigenvalue weighted by Gasteiger charge is 2.19. The number of carbonyl (C=O) groups excluding carboxylic acids is 3. The van der Waals surface area contributed by atoms with Gasteiger partial charge in [-0.2, -0.15) is 0 Å². The Morgan fingerprint density at radius 1 is 0.253 bits per heavy atom. The number of ether oxygens (including phenoxy) is 3. The highest BCUT2D eigenvalue weighted by molar-refractivity contribution is 5.71. The summed E-state index contributed by atoms with van der Waals surface area (Å²) in [6.45, 7) is 6.62. The summed E-state index contributed by atoms with van der Waals surface area (Å²) in [5.74, 6) is -0.870. The number of esters is 3. The summed E-state index contributed by atoms with van der Waals surface area (Å²) in [4.78, 5) is 38.2. The molecule has 442 valence electrons. The van der Waals surface area contributed by atoms with E-state index in [1.807, 2.05) is 0 Å². The van der Waals surface area contributed by atoms with Crippen molar-refractivity contribution in [1.29, 1.82) is 0 Å². The van der Waals surface area contributed by atoms with Gasteiger partial charge in [0.05, 0.1) is 0 Å². The van der Waals surface area contributed by atoms with Gasteiger partial charge < -0.3 is 14.2 Å². The van der Waals surface area contributed by atoms with E-state index in [9.17, 15) is 14.4 Å². The molecule has 0 fully saturated rings. The molecule has 0 heterocycles. The van der Waals surface area contributed by atoms with E-state index in [1.165, 1.54) is 263 Å². The van der Waals surface area contributed by atoms with Crippen LogP contribution in [0.25, 0.3) is 0 Å². The molecule has 0 aromatic rings. The van der Waals surface area contributed by atoms with Crippen molar-refractivity contribution >= 4 is 17.9 Å². The maximum atomic E-state index is 12.9. The van der Waals surface area contributed by atoms with Gasteiger partial charge in [-0.15, -0.1) is 0 Å². The van der Waals surface area contributed by atoms with Crippen LogP contribution in [0.2, 0.25) is 0 Å². The summed E-state index contributed by atoms with van der Waals surface area (Å²) >= 11 is 0. The topological polar surface area (TPSA) is 78.9 Å². The van der Waals surface area contributed by atoms with E-state index < -0.39 is 6.10 Å². The summed E-state index contributed by atoms with van der Waals surface area (Å²) < 4.78 is 16.9. The molecule has 0 amide bonds. The molecule has 1 unspecified atom stereocenters. The van der Waals surface area contributed by atoms with Crippen molar-refractivity contribution in [3.05, 3.63) is 24.3 Å². The first kappa shape index (κ1) is 72.9. The molecule has 0 aliphatic carbocycles. The molecule has 0 bridgehead atoms.